The molecule has 0 unspecified atom stereocenters. The SMILES string of the molecule is Cc1cc(C(C)(C)C)c(C)c2c1S(=O)(=O)CCC21OCCO1. The van der Waals surface area contributed by atoms with E-state index in [9.17, 15) is 8.42 Å². The third-order valence-electron chi connectivity index (χ3n) is 4.68. The first-order chi connectivity index (χ1) is 10.1. The summed E-state index contributed by atoms with van der Waals surface area (Å²) in [5.41, 5.74) is 3.60. The summed E-state index contributed by atoms with van der Waals surface area (Å²) in [7, 11) is -3.28. The zero-order valence-electron chi connectivity index (χ0n) is 13.9. The van der Waals surface area contributed by atoms with E-state index in [0.717, 1.165) is 22.3 Å². The minimum absolute atomic E-state index is 0.0646. The van der Waals surface area contributed by atoms with Crippen LogP contribution in [0.1, 0.15) is 49.4 Å². The van der Waals surface area contributed by atoms with Crippen molar-refractivity contribution in [2.45, 2.75) is 57.1 Å². The second kappa shape index (κ2) is 4.79. The predicted molar refractivity (Wildman–Crippen MR) is 84.9 cm³/mol. The summed E-state index contributed by atoms with van der Waals surface area (Å²) in [5, 5.41) is 0. The van der Waals surface area contributed by atoms with Crippen LogP contribution in [0.15, 0.2) is 11.0 Å². The second-order valence-electron chi connectivity index (χ2n) is 7.34. The highest BCUT2D eigenvalue weighted by Crippen LogP contribution is 2.47. The van der Waals surface area contributed by atoms with E-state index in [-0.39, 0.29) is 11.2 Å². The van der Waals surface area contributed by atoms with Crippen LogP contribution in [0, 0.1) is 13.8 Å². The number of ether oxygens (including phenoxy) is 2. The van der Waals surface area contributed by atoms with Crippen molar-refractivity contribution in [1.29, 1.82) is 0 Å². The lowest BCUT2D eigenvalue weighted by molar-refractivity contribution is -0.170. The van der Waals surface area contributed by atoms with Gasteiger partial charge < -0.3 is 9.47 Å². The van der Waals surface area contributed by atoms with E-state index in [4.69, 9.17) is 9.47 Å². The fourth-order valence-corrected chi connectivity index (χ4v) is 5.68. The third kappa shape index (κ3) is 2.22. The Bertz CT molecular complexity index is 720. The van der Waals surface area contributed by atoms with Crippen molar-refractivity contribution in [3.05, 3.63) is 28.3 Å². The molecule has 1 saturated heterocycles. The molecule has 1 fully saturated rings. The highest BCUT2D eigenvalue weighted by Gasteiger charge is 2.49. The van der Waals surface area contributed by atoms with Gasteiger partial charge in [0, 0.05) is 12.0 Å². The molecule has 0 atom stereocenters. The van der Waals surface area contributed by atoms with Crippen LogP contribution in [-0.2, 0) is 30.5 Å². The first-order valence-corrected chi connectivity index (χ1v) is 9.39. The van der Waals surface area contributed by atoms with Crippen molar-refractivity contribution in [2.75, 3.05) is 19.0 Å². The summed E-state index contributed by atoms with van der Waals surface area (Å²) >= 11 is 0. The summed E-state index contributed by atoms with van der Waals surface area (Å²) < 4.78 is 37.1. The van der Waals surface area contributed by atoms with E-state index in [1.807, 2.05) is 19.9 Å². The number of hydrogen-bond acceptors (Lipinski definition) is 4. The molecule has 4 nitrogen and oxygen atoms in total. The maximum absolute atomic E-state index is 12.6. The molecule has 122 valence electrons. The van der Waals surface area contributed by atoms with Crippen LogP contribution < -0.4 is 0 Å². The quantitative estimate of drug-likeness (QED) is 0.736. The molecule has 0 saturated carbocycles. The average Bonchev–Trinajstić information content (AvgIpc) is 2.85. The zero-order valence-corrected chi connectivity index (χ0v) is 14.8. The Labute approximate surface area is 132 Å². The maximum Gasteiger partial charge on any atom is 0.197 e. The standard InChI is InChI=1S/C17H24O4S/c1-11-10-13(16(3,4)5)12(2)14-15(11)22(18,19)9-6-17(14)20-7-8-21-17/h10H,6-9H2,1-5H3. The van der Waals surface area contributed by atoms with Gasteiger partial charge in [-0.3, -0.25) is 0 Å². The molecule has 22 heavy (non-hydrogen) atoms. The fraction of sp³-hybridized carbons (Fsp3) is 0.647. The molecule has 0 bridgehead atoms. The van der Waals surface area contributed by atoms with Gasteiger partial charge in [-0.15, -0.1) is 0 Å². The lowest BCUT2D eigenvalue weighted by atomic mass is 9.79. The summed E-state index contributed by atoms with van der Waals surface area (Å²) in [6.07, 6.45) is 0.371. The number of benzene rings is 1. The first kappa shape index (κ1) is 16.0. The first-order valence-electron chi connectivity index (χ1n) is 7.74. The lowest BCUT2D eigenvalue weighted by Gasteiger charge is -2.37. The molecule has 2 heterocycles. The van der Waals surface area contributed by atoms with Gasteiger partial charge in [-0.25, -0.2) is 8.42 Å². The van der Waals surface area contributed by atoms with Gasteiger partial charge >= 0.3 is 0 Å². The van der Waals surface area contributed by atoms with Crippen LogP contribution in [0.25, 0.3) is 0 Å². The van der Waals surface area contributed by atoms with Gasteiger partial charge in [0.05, 0.1) is 23.9 Å². The molecule has 1 aromatic rings. The van der Waals surface area contributed by atoms with E-state index in [1.165, 1.54) is 0 Å². The van der Waals surface area contributed by atoms with Gasteiger partial charge in [-0.05, 0) is 36.0 Å². The van der Waals surface area contributed by atoms with Crippen LogP contribution in [-0.4, -0.2) is 27.4 Å². The number of fused-ring (bicyclic) bond motifs is 2. The van der Waals surface area contributed by atoms with Gasteiger partial charge in [0.15, 0.2) is 15.6 Å². The Balaban J connectivity index is 2.40. The Kier molecular flexibility index (Phi) is 3.48. The molecule has 1 aromatic carbocycles. The van der Waals surface area contributed by atoms with Crippen molar-refractivity contribution < 1.29 is 17.9 Å². The summed E-state index contributed by atoms with van der Waals surface area (Å²) in [6, 6.07) is 2.01. The van der Waals surface area contributed by atoms with Gasteiger partial charge in [0.1, 0.15) is 0 Å². The fourth-order valence-electron chi connectivity index (χ4n) is 3.77. The lowest BCUT2D eigenvalue weighted by Crippen LogP contribution is -2.38. The van der Waals surface area contributed by atoms with Crippen molar-refractivity contribution in [2.24, 2.45) is 0 Å². The second-order valence-corrected chi connectivity index (χ2v) is 9.38. The number of sulfone groups is 1. The molecule has 1 spiro atoms. The van der Waals surface area contributed by atoms with Gasteiger partial charge in [0.2, 0.25) is 0 Å². The molecule has 3 rings (SSSR count). The normalized spacial score (nSPS) is 22.8. The third-order valence-corrected chi connectivity index (χ3v) is 6.57. The minimum Gasteiger partial charge on any atom is -0.343 e. The van der Waals surface area contributed by atoms with E-state index in [1.54, 1.807) is 0 Å². The molecule has 0 aliphatic carbocycles. The van der Waals surface area contributed by atoms with E-state index in [2.05, 4.69) is 20.8 Å². The van der Waals surface area contributed by atoms with Crippen molar-refractivity contribution in [1.82, 2.24) is 0 Å². The summed E-state index contributed by atoms with van der Waals surface area (Å²) in [4.78, 5) is 0.422. The molecule has 0 radical (unpaired) electrons. The topological polar surface area (TPSA) is 52.6 Å². The molecular weight excluding hydrogens is 300 g/mol. The van der Waals surface area contributed by atoms with Gasteiger partial charge in [0.25, 0.3) is 0 Å². The number of hydrogen-bond donors (Lipinski definition) is 0. The monoisotopic (exact) mass is 324 g/mol. The Morgan fingerprint density at radius 2 is 1.73 bits per heavy atom. The minimum atomic E-state index is -3.28. The average molecular weight is 324 g/mol. The van der Waals surface area contributed by atoms with Crippen LogP contribution >= 0.6 is 0 Å². The van der Waals surface area contributed by atoms with Crippen LogP contribution in [0.2, 0.25) is 0 Å². The molecule has 0 amide bonds. The van der Waals surface area contributed by atoms with E-state index in [0.29, 0.717) is 24.5 Å². The molecule has 0 N–H and O–H groups in total. The van der Waals surface area contributed by atoms with Crippen molar-refractivity contribution in [3.63, 3.8) is 0 Å². The number of aryl methyl sites for hydroxylation is 1. The predicted octanol–water partition coefficient (Wildman–Crippen LogP) is 2.98. The van der Waals surface area contributed by atoms with Crippen LogP contribution in [0.3, 0.4) is 0 Å². The van der Waals surface area contributed by atoms with Gasteiger partial charge in [-0.1, -0.05) is 26.8 Å². The Morgan fingerprint density at radius 3 is 2.27 bits per heavy atom. The Hall–Kier alpha value is -0.910. The van der Waals surface area contributed by atoms with Crippen molar-refractivity contribution in [3.8, 4) is 0 Å². The largest absolute Gasteiger partial charge is 0.343 e. The Morgan fingerprint density at radius 1 is 1.14 bits per heavy atom. The molecular formula is C17H24O4S. The smallest absolute Gasteiger partial charge is 0.197 e. The van der Waals surface area contributed by atoms with E-state index >= 15 is 0 Å². The molecule has 5 heteroatoms. The highest BCUT2D eigenvalue weighted by atomic mass is 32.2. The van der Waals surface area contributed by atoms with E-state index < -0.39 is 15.6 Å². The number of rotatable bonds is 0. The maximum atomic E-state index is 12.6. The van der Waals surface area contributed by atoms with Gasteiger partial charge in [-0.2, -0.15) is 0 Å². The molecule has 2 aliphatic heterocycles. The highest BCUT2D eigenvalue weighted by molar-refractivity contribution is 7.91. The van der Waals surface area contributed by atoms with Crippen LogP contribution in [0.5, 0.6) is 0 Å². The molecule has 0 aromatic heterocycles. The van der Waals surface area contributed by atoms with Crippen LogP contribution in [0.4, 0.5) is 0 Å². The summed E-state index contributed by atoms with van der Waals surface area (Å²) in [5.74, 6) is -0.800. The zero-order chi connectivity index (χ0) is 16.3. The summed E-state index contributed by atoms with van der Waals surface area (Å²) in [6.45, 7) is 11.3. The van der Waals surface area contributed by atoms with Crippen molar-refractivity contribution >= 4 is 9.84 Å². The molecule has 2 aliphatic rings.